The van der Waals surface area contributed by atoms with Crippen LogP contribution in [0.2, 0.25) is 0 Å². The zero-order valence-electron chi connectivity index (χ0n) is 15.7. The Bertz CT molecular complexity index is 781. The number of hydrogen-bond acceptors (Lipinski definition) is 4. The predicted octanol–water partition coefficient (Wildman–Crippen LogP) is 3.35. The number of nitrogens with zero attached hydrogens (tertiary/aromatic N) is 2. The summed E-state index contributed by atoms with van der Waals surface area (Å²) in [6.45, 7) is 5.04. The van der Waals surface area contributed by atoms with Crippen molar-refractivity contribution in [1.29, 1.82) is 0 Å². The monoisotopic (exact) mass is 370 g/mol. The molecule has 4 nitrogen and oxygen atoms in total. The van der Waals surface area contributed by atoms with Gasteiger partial charge in [-0.15, -0.1) is 0 Å². The van der Waals surface area contributed by atoms with Gasteiger partial charge in [0, 0.05) is 37.7 Å². The van der Waals surface area contributed by atoms with Gasteiger partial charge in [0.25, 0.3) is 0 Å². The lowest BCUT2D eigenvalue weighted by molar-refractivity contribution is 0.0345. The zero-order valence-corrected chi connectivity index (χ0v) is 15.7. The van der Waals surface area contributed by atoms with Crippen molar-refractivity contribution in [2.24, 2.45) is 11.8 Å². The smallest absolute Gasteiger partial charge is 0.133 e. The minimum atomic E-state index is -0.784. The van der Waals surface area contributed by atoms with Crippen LogP contribution in [0.3, 0.4) is 0 Å². The predicted molar refractivity (Wildman–Crippen MR) is 102 cm³/mol. The number of aromatic hydroxyl groups is 1. The fourth-order valence-corrected chi connectivity index (χ4v) is 5.02. The van der Waals surface area contributed by atoms with Gasteiger partial charge in [0.15, 0.2) is 0 Å². The molecule has 2 N–H and O–H groups in total. The normalized spacial score (nSPS) is 29.0. The van der Waals surface area contributed by atoms with Gasteiger partial charge < -0.3 is 15.1 Å². The second-order valence-electron chi connectivity index (χ2n) is 8.48. The standard InChI is InChI=1S/C22H27FN2O2/c1-15(21-7-6-19(26)11-24-21)12-25-13-17-9-22(27,10-18(17)14-25)8-16-4-2-3-5-20(16)23/h2-7,11,15,17-18,26-27H,8-10,12-14H2,1H3. The van der Waals surface area contributed by atoms with E-state index in [-0.39, 0.29) is 11.6 Å². The van der Waals surface area contributed by atoms with Gasteiger partial charge in [-0.2, -0.15) is 0 Å². The molecule has 2 heterocycles. The molecule has 2 aliphatic rings. The summed E-state index contributed by atoms with van der Waals surface area (Å²) >= 11 is 0. The number of hydrogen-bond donors (Lipinski definition) is 2. The summed E-state index contributed by atoms with van der Waals surface area (Å²) in [5.74, 6) is 1.21. The van der Waals surface area contributed by atoms with E-state index in [1.165, 1.54) is 12.3 Å². The van der Waals surface area contributed by atoms with Gasteiger partial charge in [0.2, 0.25) is 0 Å². The molecule has 5 heteroatoms. The molecule has 0 bridgehead atoms. The number of benzene rings is 1. The maximum absolute atomic E-state index is 14.0. The van der Waals surface area contributed by atoms with Crippen molar-refractivity contribution in [3.8, 4) is 5.75 Å². The molecule has 144 valence electrons. The Morgan fingerprint density at radius 3 is 2.52 bits per heavy atom. The highest BCUT2D eigenvalue weighted by Gasteiger charge is 2.48. The second kappa shape index (κ2) is 7.21. The van der Waals surface area contributed by atoms with Crippen molar-refractivity contribution in [2.75, 3.05) is 19.6 Å². The van der Waals surface area contributed by atoms with Gasteiger partial charge >= 0.3 is 0 Å². The first kappa shape index (κ1) is 18.4. The minimum Gasteiger partial charge on any atom is -0.506 e. The Labute approximate surface area is 159 Å². The molecule has 3 unspecified atom stereocenters. The Morgan fingerprint density at radius 1 is 1.19 bits per heavy atom. The van der Waals surface area contributed by atoms with Gasteiger partial charge in [0.05, 0.1) is 11.8 Å². The molecule has 1 saturated carbocycles. The summed E-state index contributed by atoms with van der Waals surface area (Å²) in [5.41, 5.74) is 0.818. The van der Waals surface area contributed by atoms with Crippen LogP contribution in [0.5, 0.6) is 5.75 Å². The number of halogens is 1. The summed E-state index contributed by atoms with van der Waals surface area (Å²) in [6, 6.07) is 10.3. The van der Waals surface area contributed by atoms with Crippen LogP contribution in [-0.2, 0) is 6.42 Å². The molecule has 0 radical (unpaired) electrons. The highest BCUT2D eigenvalue weighted by atomic mass is 19.1. The number of likely N-dealkylation sites (tertiary alicyclic amines) is 1. The largest absolute Gasteiger partial charge is 0.506 e. The number of aliphatic hydroxyl groups is 1. The van der Waals surface area contributed by atoms with E-state index in [1.807, 2.05) is 12.1 Å². The molecule has 2 aromatic rings. The van der Waals surface area contributed by atoms with Gasteiger partial charge in [-0.3, -0.25) is 4.98 Å². The maximum Gasteiger partial charge on any atom is 0.133 e. The lowest BCUT2D eigenvalue weighted by Gasteiger charge is -2.27. The second-order valence-corrected chi connectivity index (χ2v) is 8.48. The van der Waals surface area contributed by atoms with E-state index >= 15 is 0 Å². The first-order valence-electron chi connectivity index (χ1n) is 9.75. The van der Waals surface area contributed by atoms with E-state index in [0.29, 0.717) is 29.7 Å². The molecular formula is C22H27FN2O2. The molecule has 1 aliphatic carbocycles. The molecule has 0 spiro atoms. The fourth-order valence-electron chi connectivity index (χ4n) is 5.02. The van der Waals surface area contributed by atoms with Crippen molar-refractivity contribution >= 4 is 0 Å². The van der Waals surface area contributed by atoms with Crippen LogP contribution in [0.4, 0.5) is 4.39 Å². The van der Waals surface area contributed by atoms with E-state index in [2.05, 4.69) is 16.8 Å². The molecule has 1 aliphatic heterocycles. The van der Waals surface area contributed by atoms with E-state index in [4.69, 9.17) is 0 Å². The maximum atomic E-state index is 14.0. The first-order chi connectivity index (χ1) is 12.9. The summed E-state index contributed by atoms with van der Waals surface area (Å²) in [6.07, 6.45) is 3.39. The molecule has 1 aromatic heterocycles. The Hall–Kier alpha value is -1.98. The molecular weight excluding hydrogens is 343 g/mol. The molecule has 3 atom stereocenters. The van der Waals surface area contributed by atoms with Crippen molar-refractivity contribution in [3.63, 3.8) is 0 Å². The Morgan fingerprint density at radius 2 is 1.89 bits per heavy atom. The highest BCUT2D eigenvalue weighted by molar-refractivity contribution is 5.21. The number of fused-ring (bicyclic) bond motifs is 1. The molecule has 0 amide bonds. The zero-order chi connectivity index (χ0) is 19.0. The quantitative estimate of drug-likeness (QED) is 0.848. The van der Waals surface area contributed by atoms with Crippen LogP contribution in [0.1, 0.15) is 36.9 Å². The Balaban J connectivity index is 1.34. The van der Waals surface area contributed by atoms with Crippen molar-refractivity contribution in [1.82, 2.24) is 9.88 Å². The van der Waals surface area contributed by atoms with Crippen LogP contribution in [0, 0.1) is 17.7 Å². The Kier molecular flexibility index (Phi) is 4.91. The number of rotatable bonds is 5. The van der Waals surface area contributed by atoms with E-state index < -0.39 is 5.60 Å². The van der Waals surface area contributed by atoms with Crippen LogP contribution >= 0.6 is 0 Å². The average Bonchev–Trinajstić information content (AvgIpc) is 3.11. The van der Waals surface area contributed by atoms with E-state index in [0.717, 1.165) is 38.2 Å². The van der Waals surface area contributed by atoms with Crippen LogP contribution in [0.25, 0.3) is 0 Å². The first-order valence-corrected chi connectivity index (χ1v) is 9.75. The fraction of sp³-hybridized carbons (Fsp3) is 0.500. The molecule has 2 fully saturated rings. The summed E-state index contributed by atoms with van der Waals surface area (Å²) in [5, 5.41) is 20.4. The van der Waals surface area contributed by atoms with Crippen LogP contribution in [0.15, 0.2) is 42.6 Å². The molecule has 4 rings (SSSR count). The average molecular weight is 370 g/mol. The lowest BCUT2D eigenvalue weighted by atomic mass is 9.91. The van der Waals surface area contributed by atoms with Gasteiger partial charge in [-0.1, -0.05) is 25.1 Å². The van der Waals surface area contributed by atoms with Gasteiger partial charge in [0.1, 0.15) is 11.6 Å². The molecule has 1 saturated heterocycles. The van der Waals surface area contributed by atoms with Gasteiger partial charge in [-0.25, -0.2) is 4.39 Å². The highest BCUT2D eigenvalue weighted by Crippen LogP contribution is 2.45. The third-order valence-electron chi connectivity index (χ3n) is 6.22. The summed E-state index contributed by atoms with van der Waals surface area (Å²) < 4.78 is 14.0. The SMILES string of the molecule is CC(CN1CC2CC(O)(Cc3ccccc3F)CC2C1)c1ccc(O)cn1. The van der Waals surface area contributed by atoms with Crippen molar-refractivity contribution in [3.05, 3.63) is 59.7 Å². The molecule has 27 heavy (non-hydrogen) atoms. The summed E-state index contributed by atoms with van der Waals surface area (Å²) in [4.78, 5) is 6.77. The lowest BCUT2D eigenvalue weighted by Crippen LogP contribution is -2.33. The van der Waals surface area contributed by atoms with Gasteiger partial charge in [-0.05, 0) is 48.4 Å². The topological polar surface area (TPSA) is 56.6 Å². The molecule has 1 aromatic carbocycles. The van der Waals surface area contributed by atoms with Crippen molar-refractivity contribution in [2.45, 2.75) is 37.7 Å². The third kappa shape index (κ3) is 3.99. The summed E-state index contributed by atoms with van der Waals surface area (Å²) in [7, 11) is 0. The third-order valence-corrected chi connectivity index (χ3v) is 6.22. The van der Waals surface area contributed by atoms with E-state index in [9.17, 15) is 14.6 Å². The van der Waals surface area contributed by atoms with Crippen LogP contribution < -0.4 is 0 Å². The number of aromatic nitrogens is 1. The van der Waals surface area contributed by atoms with Crippen molar-refractivity contribution < 1.29 is 14.6 Å². The van der Waals surface area contributed by atoms with Crippen LogP contribution in [-0.4, -0.2) is 45.3 Å². The number of pyridine rings is 1. The minimum absolute atomic E-state index is 0.191. The van der Waals surface area contributed by atoms with E-state index in [1.54, 1.807) is 18.2 Å².